The summed E-state index contributed by atoms with van der Waals surface area (Å²) in [6.07, 6.45) is -0.133. The van der Waals surface area contributed by atoms with Crippen LogP contribution in [0.2, 0.25) is 10.0 Å². The van der Waals surface area contributed by atoms with Crippen LogP contribution in [0.25, 0.3) is 0 Å². The number of carbonyl (C=O) groups is 1. The zero-order chi connectivity index (χ0) is 19.7. The van der Waals surface area contributed by atoms with Gasteiger partial charge in [-0.05, 0) is 47.4 Å². The van der Waals surface area contributed by atoms with E-state index in [0.29, 0.717) is 22.0 Å². The van der Waals surface area contributed by atoms with E-state index >= 15 is 0 Å². The number of aliphatic hydroxyl groups excluding tert-OH is 1. The summed E-state index contributed by atoms with van der Waals surface area (Å²) in [7, 11) is 0. The largest absolute Gasteiger partial charge is 0.390 e. The standard InChI is InChI=1S/C23H19Cl2NO2/c24-19-11-10-14(13-20(19)25)12-18-16-8-4-5-9-17(16)21(22(18)27)26-23(28)15-6-2-1-3-7-15/h1-11,13,18,21-22,27H,12H2,(H,26,28)/t18-,21-,22?/m0/s1. The van der Waals surface area contributed by atoms with Gasteiger partial charge in [-0.1, -0.05) is 71.7 Å². The summed E-state index contributed by atoms with van der Waals surface area (Å²) in [6.45, 7) is 0. The van der Waals surface area contributed by atoms with Gasteiger partial charge in [0.15, 0.2) is 0 Å². The highest BCUT2D eigenvalue weighted by atomic mass is 35.5. The Bertz CT molecular complexity index is 1010. The number of nitrogens with one attached hydrogen (secondary N) is 1. The Kier molecular flexibility index (Phi) is 5.40. The maximum atomic E-state index is 12.6. The van der Waals surface area contributed by atoms with Gasteiger partial charge in [0.25, 0.3) is 5.91 Å². The molecule has 0 aliphatic heterocycles. The first-order valence-electron chi connectivity index (χ1n) is 9.11. The molecule has 1 unspecified atom stereocenters. The van der Waals surface area contributed by atoms with Gasteiger partial charge in [0, 0.05) is 11.5 Å². The van der Waals surface area contributed by atoms with Gasteiger partial charge in [0.05, 0.1) is 22.2 Å². The van der Waals surface area contributed by atoms with E-state index in [2.05, 4.69) is 5.32 Å². The van der Waals surface area contributed by atoms with Gasteiger partial charge in [0.1, 0.15) is 0 Å². The minimum Gasteiger partial charge on any atom is -0.390 e. The molecule has 0 fully saturated rings. The number of rotatable bonds is 4. The van der Waals surface area contributed by atoms with Gasteiger partial charge in [0.2, 0.25) is 0 Å². The number of halogens is 2. The molecule has 0 aromatic heterocycles. The highest BCUT2D eigenvalue weighted by Crippen LogP contribution is 2.42. The maximum absolute atomic E-state index is 12.6. The average Bonchev–Trinajstić information content (AvgIpc) is 2.97. The molecule has 3 aromatic carbocycles. The number of hydrogen-bond acceptors (Lipinski definition) is 2. The average molecular weight is 412 g/mol. The van der Waals surface area contributed by atoms with Crippen molar-refractivity contribution in [2.24, 2.45) is 0 Å². The lowest BCUT2D eigenvalue weighted by Gasteiger charge is -2.22. The number of fused-ring (bicyclic) bond motifs is 1. The summed E-state index contributed by atoms with van der Waals surface area (Å²) in [5.41, 5.74) is 3.55. The molecule has 5 heteroatoms. The Morgan fingerprint density at radius 3 is 2.29 bits per heavy atom. The molecule has 1 aliphatic rings. The lowest BCUT2D eigenvalue weighted by Crippen LogP contribution is -2.35. The van der Waals surface area contributed by atoms with E-state index in [4.69, 9.17) is 23.2 Å². The van der Waals surface area contributed by atoms with Gasteiger partial charge in [-0.3, -0.25) is 4.79 Å². The first-order chi connectivity index (χ1) is 13.5. The minimum absolute atomic E-state index is 0.144. The molecule has 0 radical (unpaired) electrons. The Balaban J connectivity index is 1.61. The molecule has 0 spiro atoms. The predicted molar refractivity (Wildman–Crippen MR) is 112 cm³/mol. The third kappa shape index (κ3) is 3.66. The van der Waals surface area contributed by atoms with Crippen molar-refractivity contribution in [3.05, 3.63) is 105 Å². The van der Waals surface area contributed by atoms with Crippen molar-refractivity contribution in [3.63, 3.8) is 0 Å². The lowest BCUT2D eigenvalue weighted by atomic mass is 9.92. The van der Waals surface area contributed by atoms with Gasteiger partial charge in [-0.2, -0.15) is 0 Å². The van der Waals surface area contributed by atoms with Crippen LogP contribution in [0.3, 0.4) is 0 Å². The zero-order valence-corrected chi connectivity index (χ0v) is 16.5. The zero-order valence-electron chi connectivity index (χ0n) is 15.0. The molecule has 28 heavy (non-hydrogen) atoms. The summed E-state index contributed by atoms with van der Waals surface area (Å²) < 4.78 is 0. The number of amides is 1. The second-order valence-corrected chi connectivity index (χ2v) is 7.81. The van der Waals surface area contributed by atoms with Crippen molar-refractivity contribution in [1.82, 2.24) is 5.32 Å². The van der Waals surface area contributed by atoms with E-state index in [1.807, 2.05) is 54.6 Å². The Hall–Kier alpha value is -2.33. The second kappa shape index (κ2) is 7.96. The second-order valence-electron chi connectivity index (χ2n) is 7.00. The van der Waals surface area contributed by atoms with E-state index in [0.717, 1.165) is 16.7 Å². The molecule has 2 N–H and O–H groups in total. The number of carbonyl (C=O) groups excluding carboxylic acids is 1. The number of benzene rings is 3. The molecule has 3 aromatic rings. The summed E-state index contributed by atoms with van der Waals surface area (Å²) in [5, 5.41) is 15.1. The van der Waals surface area contributed by atoms with Crippen molar-refractivity contribution in [2.75, 3.05) is 0 Å². The van der Waals surface area contributed by atoms with Crippen LogP contribution in [0.15, 0.2) is 72.8 Å². The fourth-order valence-corrected chi connectivity index (χ4v) is 4.18. The number of aliphatic hydroxyl groups is 1. The van der Waals surface area contributed by atoms with Crippen molar-refractivity contribution >= 4 is 29.1 Å². The van der Waals surface area contributed by atoms with Crippen LogP contribution in [0, 0.1) is 0 Å². The van der Waals surface area contributed by atoms with Crippen molar-refractivity contribution in [1.29, 1.82) is 0 Å². The normalized spacial score (nSPS) is 20.6. The van der Waals surface area contributed by atoms with Crippen LogP contribution in [-0.4, -0.2) is 17.1 Å². The van der Waals surface area contributed by atoms with Gasteiger partial charge >= 0.3 is 0 Å². The maximum Gasteiger partial charge on any atom is 0.251 e. The summed E-state index contributed by atoms with van der Waals surface area (Å²) in [6, 6.07) is 21.9. The molecular formula is C23H19Cl2NO2. The van der Waals surface area contributed by atoms with Crippen LogP contribution in [0.5, 0.6) is 0 Å². The molecule has 4 rings (SSSR count). The Morgan fingerprint density at radius 1 is 0.893 bits per heavy atom. The quantitative estimate of drug-likeness (QED) is 0.622. The summed E-state index contributed by atoms with van der Waals surface area (Å²) in [5.74, 6) is -0.343. The molecule has 1 aliphatic carbocycles. The lowest BCUT2D eigenvalue weighted by molar-refractivity contribution is 0.0813. The van der Waals surface area contributed by atoms with E-state index in [1.54, 1.807) is 18.2 Å². The summed E-state index contributed by atoms with van der Waals surface area (Å²) >= 11 is 12.2. The first-order valence-corrected chi connectivity index (χ1v) is 9.87. The monoisotopic (exact) mass is 411 g/mol. The molecule has 0 saturated carbocycles. The van der Waals surface area contributed by atoms with Gasteiger partial charge in [-0.25, -0.2) is 0 Å². The van der Waals surface area contributed by atoms with E-state index < -0.39 is 12.1 Å². The SMILES string of the molecule is O=C(N[C@H]1c2ccccc2[C@H](Cc2ccc(Cl)c(Cl)c2)C1O)c1ccccc1. The fraction of sp³-hybridized carbons (Fsp3) is 0.174. The molecule has 0 saturated heterocycles. The van der Waals surface area contributed by atoms with Crippen LogP contribution in [-0.2, 0) is 6.42 Å². The highest BCUT2D eigenvalue weighted by Gasteiger charge is 2.40. The Morgan fingerprint density at radius 2 is 1.57 bits per heavy atom. The van der Waals surface area contributed by atoms with Gasteiger partial charge in [-0.15, -0.1) is 0 Å². The van der Waals surface area contributed by atoms with Crippen LogP contribution >= 0.6 is 23.2 Å². The fourth-order valence-electron chi connectivity index (χ4n) is 3.86. The summed E-state index contributed by atoms with van der Waals surface area (Å²) in [4.78, 5) is 12.6. The Labute approximate surface area is 173 Å². The molecular weight excluding hydrogens is 393 g/mol. The van der Waals surface area contributed by atoms with Crippen molar-refractivity contribution in [2.45, 2.75) is 24.5 Å². The third-order valence-corrected chi connectivity index (χ3v) is 5.99. The van der Waals surface area contributed by atoms with Crippen molar-refractivity contribution in [3.8, 4) is 0 Å². The minimum atomic E-state index is -0.737. The van der Waals surface area contributed by atoms with E-state index in [1.165, 1.54) is 0 Å². The number of hydrogen-bond donors (Lipinski definition) is 2. The molecule has 142 valence electrons. The van der Waals surface area contributed by atoms with E-state index in [9.17, 15) is 9.90 Å². The first kappa shape index (κ1) is 19.0. The van der Waals surface area contributed by atoms with E-state index in [-0.39, 0.29) is 11.8 Å². The van der Waals surface area contributed by atoms with Crippen LogP contribution < -0.4 is 5.32 Å². The van der Waals surface area contributed by atoms with Crippen LogP contribution in [0.4, 0.5) is 0 Å². The van der Waals surface area contributed by atoms with Crippen LogP contribution in [0.1, 0.15) is 39.0 Å². The molecule has 3 atom stereocenters. The molecule has 3 nitrogen and oxygen atoms in total. The molecule has 0 heterocycles. The predicted octanol–water partition coefficient (Wildman–Crippen LogP) is 5.17. The topological polar surface area (TPSA) is 49.3 Å². The molecule has 1 amide bonds. The smallest absolute Gasteiger partial charge is 0.251 e. The molecule has 0 bridgehead atoms. The van der Waals surface area contributed by atoms with Gasteiger partial charge < -0.3 is 10.4 Å². The van der Waals surface area contributed by atoms with Crippen molar-refractivity contribution < 1.29 is 9.90 Å². The highest BCUT2D eigenvalue weighted by molar-refractivity contribution is 6.42. The third-order valence-electron chi connectivity index (χ3n) is 5.25.